The van der Waals surface area contributed by atoms with Crippen LogP contribution in [-0.2, 0) is 16.6 Å². The number of rotatable bonds is 10. The second-order valence-corrected chi connectivity index (χ2v) is 9.27. The Bertz CT molecular complexity index is 1350. The Hall–Kier alpha value is -3.51. The zero-order chi connectivity index (χ0) is 23.4. The summed E-state index contributed by atoms with van der Waals surface area (Å²) in [6, 6.07) is 9.75. The van der Waals surface area contributed by atoms with Crippen molar-refractivity contribution in [2.24, 2.45) is 0 Å². The average molecular weight is 472 g/mol. The molecule has 0 fully saturated rings. The molecule has 0 aliphatic carbocycles. The second-order valence-electron chi connectivity index (χ2n) is 7.43. The molecule has 3 aromatic heterocycles. The van der Waals surface area contributed by atoms with E-state index in [4.69, 9.17) is 20.1 Å². The minimum absolute atomic E-state index is 0.148. The van der Waals surface area contributed by atoms with Gasteiger partial charge in [0.25, 0.3) is 0 Å². The molecule has 0 aliphatic heterocycles. The molecular weight excluding hydrogens is 446 g/mol. The molecule has 12 heteroatoms. The predicted octanol–water partition coefficient (Wildman–Crippen LogP) is 2.46. The van der Waals surface area contributed by atoms with Gasteiger partial charge in [0.2, 0.25) is 10.0 Å². The third-order valence-electron chi connectivity index (χ3n) is 5.02. The number of nitrogen functional groups attached to an aromatic ring is 1. The standard InChI is InChI=1S/C21H25N7O4S/c1-3-28-19-15(31-12-8-7-11-24-33(2,29)30)13-23-16(14-9-5-4-6-10-14)17(19)25-21(28)18-20(22)27-32-26-18/h4-6,9-10,13,24H,3,7-8,11-12H2,1-2H3,(H2,22,27). The predicted molar refractivity (Wildman–Crippen MR) is 124 cm³/mol. The SMILES string of the molecule is CCn1c(-c2nonc2N)nc2c(-c3ccccc3)ncc(OCCCCNS(C)(=O)=O)c21. The summed E-state index contributed by atoms with van der Waals surface area (Å²) >= 11 is 0. The Balaban J connectivity index is 1.70. The van der Waals surface area contributed by atoms with Crippen molar-refractivity contribution in [2.45, 2.75) is 26.3 Å². The second kappa shape index (κ2) is 9.55. The molecule has 0 spiro atoms. The molecule has 0 amide bonds. The highest BCUT2D eigenvalue weighted by molar-refractivity contribution is 7.88. The summed E-state index contributed by atoms with van der Waals surface area (Å²) < 4.78 is 37.6. The highest BCUT2D eigenvalue weighted by Crippen LogP contribution is 2.36. The maximum absolute atomic E-state index is 11.2. The number of aryl methyl sites for hydroxylation is 1. The van der Waals surface area contributed by atoms with E-state index in [0.29, 0.717) is 61.0 Å². The molecule has 3 N–H and O–H groups in total. The van der Waals surface area contributed by atoms with Gasteiger partial charge in [-0.3, -0.25) is 0 Å². The first-order chi connectivity index (χ1) is 15.9. The van der Waals surface area contributed by atoms with Gasteiger partial charge in [-0.25, -0.2) is 27.7 Å². The van der Waals surface area contributed by atoms with Crippen LogP contribution in [0.25, 0.3) is 33.8 Å². The first-order valence-electron chi connectivity index (χ1n) is 10.5. The molecule has 0 atom stereocenters. The normalized spacial score (nSPS) is 11.8. The van der Waals surface area contributed by atoms with Crippen LogP contribution in [0.1, 0.15) is 19.8 Å². The van der Waals surface area contributed by atoms with Gasteiger partial charge in [-0.2, -0.15) is 0 Å². The lowest BCUT2D eigenvalue weighted by molar-refractivity contribution is 0.308. The molecule has 33 heavy (non-hydrogen) atoms. The van der Waals surface area contributed by atoms with Crippen LogP contribution in [0.5, 0.6) is 5.75 Å². The lowest BCUT2D eigenvalue weighted by atomic mass is 10.1. The van der Waals surface area contributed by atoms with Crippen LogP contribution in [0.15, 0.2) is 41.2 Å². The van der Waals surface area contributed by atoms with Crippen LogP contribution < -0.4 is 15.2 Å². The number of hydrogen-bond donors (Lipinski definition) is 2. The first kappa shape index (κ1) is 22.7. The number of nitrogens with zero attached hydrogens (tertiary/aromatic N) is 5. The highest BCUT2D eigenvalue weighted by Gasteiger charge is 2.23. The number of anilines is 1. The van der Waals surface area contributed by atoms with Crippen molar-refractivity contribution in [1.29, 1.82) is 0 Å². The fourth-order valence-corrected chi connectivity index (χ4v) is 4.05. The van der Waals surface area contributed by atoms with E-state index < -0.39 is 10.0 Å². The third kappa shape index (κ3) is 4.96. The molecule has 3 heterocycles. The maximum atomic E-state index is 11.2. The number of ether oxygens (including phenoxy) is 1. The number of imidazole rings is 1. The van der Waals surface area contributed by atoms with E-state index in [1.54, 1.807) is 6.20 Å². The summed E-state index contributed by atoms with van der Waals surface area (Å²) in [5, 5.41) is 7.61. The zero-order valence-corrected chi connectivity index (χ0v) is 19.2. The summed E-state index contributed by atoms with van der Waals surface area (Å²) in [5.41, 5.74) is 9.33. The molecule has 4 aromatic rings. The fourth-order valence-electron chi connectivity index (χ4n) is 3.53. The van der Waals surface area contributed by atoms with Gasteiger partial charge >= 0.3 is 0 Å². The molecule has 11 nitrogen and oxygen atoms in total. The number of unbranched alkanes of at least 4 members (excludes halogenated alkanes) is 1. The summed E-state index contributed by atoms with van der Waals surface area (Å²) in [7, 11) is -3.20. The van der Waals surface area contributed by atoms with Gasteiger partial charge in [0, 0.05) is 18.7 Å². The van der Waals surface area contributed by atoms with E-state index in [-0.39, 0.29) is 5.82 Å². The fraction of sp³-hybridized carbons (Fsp3) is 0.333. The molecule has 4 rings (SSSR count). The number of nitrogens with two attached hydrogens (primary N) is 1. The van der Waals surface area contributed by atoms with Crippen LogP contribution in [0.2, 0.25) is 0 Å². The van der Waals surface area contributed by atoms with Gasteiger partial charge in [0.15, 0.2) is 23.1 Å². The van der Waals surface area contributed by atoms with Crippen molar-refractivity contribution in [2.75, 3.05) is 25.1 Å². The monoisotopic (exact) mass is 471 g/mol. The van der Waals surface area contributed by atoms with Crippen LogP contribution in [0, 0.1) is 0 Å². The van der Waals surface area contributed by atoms with E-state index >= 15 is 0 Å². The van der Waals surface area contributed by atoms with Crippen LogP contribution >= 0.6 is 0 Å². The van der Waals surface area contributed by atoms with Crippen LogP contribution in [-0.4, -0.2) is 52.7 Å². The summed E-state index contributed by atoms with van der Waals surface area (Å²) in [4.78, 5) is 9.44. The molecule has 0 aliphatic rings. The maximum Gasteiger partial charge on any atom is 0.208 e. The van der Waals surface area contributed by atoms with E-state index in [0.717, 1.165) is 17.3 Å². The largest absolute Gasteiger partial charge is 0.490 e. The first-order valence-corrected chi connectivity index (χ1v) is 12.4. The molecular formula is C21H25N7O4S. The van der Waals surface area contributed by atoms with Crippen LogP contribution in [0.4, 0.5) is 5.82 Å². The summed E-state index contributed by atoms with van der Waals surface area (Å²) in [6.07, 6.45) is 4.13. The Labute approximate surface area is 191 Å². The topological polar surface area (TPSA) is 151 Å². The quantitative estimate of drug-likeness (QED) is 0.332. The molecule has 0 bridgehead atoms. The van der Waals surface area contributed by atoms with E-state index in [1.165, 1.54) is 0 Å². The van der Waals surface area contributed by atoms with Gasteiger partial charge < -0.3 is 15.0 Å². The van der Waals surface area contributed by atoms with E-state index in [9.17, 15) is 8.42 Å². The Kier molecular flexibility index (Phi) is 6.56. The lowest BCUT2D eigenvalue weighted by Gasteiger charge is -2.12. The van der Waals surface area contributed by atoms with Crippen molar-refractivity contribution in [1.82, 2.24) is 29.6 Å². The summed E-state index contributed by atoms with van der Waals surface area (Å²) in [5.74, 6) is 1.23. The van der Waals surface area contributed by atoms with Crippen molar-refractivity contribution >= 4 is 26.9 Å². The van der Waals surface area contributed by atoms with Crippen molar-refractivity contribution in [3.8, 4) is 28.5 Å². The van der Waals surface area contributed by atoms with Crippen molar-refractivity contribution in [3.63, 3.8) is 0 Å². The summed E-state index contributed by atoms with van der Waals surface area (Å²) in [6.45, 7) is 3.31. The number of aromatic nitrogens is 5. The smallest absolute Gasteiger partial charge is 0.208 e. The molecule has 0 saturated heterocycles. The Morgan fingerprint density at radius 2 is 1.94 bits per heavy atom. The zero-order valence-electron chi connectivity index (χ0n) is 18.4. The van der Waals surface area contributed by atoms with Gasteiger partial charge in [0.05, 0.1) is 24.8 Å². The van der Waals surface area contributed by atoms with Gasteiger partial charge in [0.1, 0.15) is 11.0 Å². The van der Waals surface area contributed by atoms with E-state index in [2.05, 4.69) is 20.0 Å². The van der Waals surface area contributed by atoms with Gasteiger partial charge in [-0.15, -0.1) is 0 Å². The average Bonchev–Trinajstić information content (AvgIpc) is 3.39. The number of fused-ring (bicyclic) bond motifs is 1. The number of sulfonamides is 1. The molecule has 0 unspecified atom stereocenters. The number of hydrogen-bond acceptors (Lipinski definition) is 9. The number of benzene rings is 1. The van der Waals surface area contributed by atoms with Gasteiger partial charge in [-0.1, -0.05) is 30.3 Å². The van der Waals surface area contributed by atoms with Crippen LogP contribution in [0.3, 0.4) is 0 Å². The number of nitrogens with one attached hydrogen (secondary N) is 1. The number of pyridine rings is 1. The highest BCUT2D eigenvalue weighted by atomic mass is 32.2. The van der Waals surface area contributed by atoms with Crippen molar-refractivity contribution < 1.29 is 17.8 Å². The molecule has 174 valence electrons. The minimum Gasteiger partial charge on any atom is -0.490 e. The lowest BCUT2D eigenvalue weighted by Crippen LogP contribution is -2.23. The Morgan fingerprint density at radius 1 is 1.15 bits per heavy atom. The molecule has 0 saturated carbocycles. The molecule has 1 aromatic carbocycles. The van der Waals surface area contributed by atoms with Gasteiger partial charge in [-0.05, 0) is 30.1 Å². The van der Waals surface area contributed by atoms with E-state index in [1.807, 2.05) is 41.8 Å². The third-order valence-corrected chi connectivity index (χ3v) is 5.75. The Morgan fingerprint density at radius 3 is 2.61 bits per heavy atom. The minimum atomic E-state index is -3.20. The molecule has 0 radical (unpaired) electrons. The van der Waals surface area contributed by atoms with Crippen molar-refractivity contribution in [3.05, 3.63) is 36.5 Å².